The average Bonchev–Trinajstić information content (AvgIpc) is 2.31. The molecule has 1 aromatic heterocycles. The van der Waals surface area contributed by atoms with Crippen LogP contribution in [0.5, 0.6) is 0 Å². The number of rotatable bonds is 4. The minimum Gasteiger partial charge on any atom is -0.379 e. The van der Waals surface area contributed by atoms with Crippen molar-refractivity contribution in [3.63, 3.8) is 0 Å². The van der Waals surface area contributed by atoms with Gasteiger partial charge in [0.05, 0.1) is 11.8 Å². The predicted octanol–water partition coefficient (Wildman–Crippen LogP) is 3.66. The fourth-order valence-electron chi connectivity index (χ4n) is 2.49. The van der Waals surface area contributed by atoms with Crippen molar-refractivity contribution in [2.24, 2.45) is 5.41 Å². The summed E-state index contributed by atoms with van der Waals surface area (Å²) in [6.45, 7) is 9.32. The van der Waals surface area contributed by atoms with Gasteiger partial charge in [0.2, 0.25) is 0 Å². The molecule has 1 aliphatic rings. The van der Waals surface area contributed by atoms with Crippen molar-refractivity contribution in [3.8, 4) is 0 Å². The Morgan fingerprint density at radius 2 is 2.28 bits per heavy atom. The average molecular weight is 269 g/mol. The van der Waals surface area contributed by atoms with Gasteiger partial charge in [-0.25, -0.2) is 4.98 Å². The zero-order valence-electron chi connectivity index (χ0n) is 11.5. The lowest BCUT2D eigenvalue weighted by Gasteiger charge is -2.52. The van der Waals surface area contributed by atoms with E-state index in [0.717, 1.165) is 24.3 Å². The molecule has 0 amide bonds. The van der Waals surface area contributed by atoms with Crippen LogP contribution in [0.3, 0.4) is 0 Å². The first kappa shape index (κ1) is 13.6. The highest BCUT2D eigenvalue weighted by Crippen LogP contribution is 2.45. The summed E-state index contributed by atoms with van der Waals surface area (Å²) < 4.78 is 5.73. The van der Waals surface area contributed by atoms with Crippen molar-refractivity contribution in [1.29, 1.82) is 0 Å². The summed E-state index contributed by atoms with van der Waals surface area (Å²) in [4.78, 5) is 4.13. The first-order chi connectivity index (χ1) is 8.46. The highest BCUT2D eigenvalue weighted by atomic mass is 35.5. The van der Waals surface area contributed by atoms with E-state index in [1.807, 2.05) is 19.9 Å². The molecule has 3 nitrogen and oxygen atoms in total. The lowest BCUT2D eigenvalue weighted by Crippen LogP contribution is -2.58. The highest BCUT2D eigenvalue weighted by Gasteiger charge is 2.49. The Labute approximate surface area is 114 Å². The number of anilines is 1. The van der Waals surface area contributed by atoms with Gasteiger partial charge in [-0.15, -0.1) is 0 Å². The maximum absolute atomic E-state index is 6.14. The lowest BCUT2D eigenvalue weighted by molar-refractivity contribution is -0.0976. The van der Waals surface area contributed by atoms with Crippen molar-refractivity contribution in [1.82, 2.24) is 4.98 Å². The van der Waals surface area contributed by atoms with Crippen LogP contribution in [0.4, 0.5) is 5.69 Å². The number of nitrogens with zero attached hydrogens (tertiary/aromatic N) is 1. The van der Waals surface area contributed by atoms with E-state index in [1.54, 1.807) is 6.20 Å². The van der Waals surface area contributed by atoms with Crippen molar-refractivity contribution in [2.45, 2.75) is 46.3 Å². The number of aryl methyl sites for hydroxylation is 1. The molecule has 2 unspecified atom stereocenters. The summed E-state index contributed by atoms with van der Waals surface area (Å²) in [5.41, 5.74) is 2.21. The predicted molar refractivity (Wildman–Crippen MR) is 75.2 cm³/mol. The molecule has 2 rings (SSSR count). The third-order valence-corrected chi connectivity index (χ3v) is 4.26. The lowest BCUT2D eigenvalue weighted by atomic mass is 9.64. The second kappa shape index (κ2) is 5.06. The van der Waals surface area contributed by atoms with Crippen molar-refractivity contribution < 1.29 is 4.74 Å². The molecule has 0 aliphatic heterocycles. The molecule has 0 aromatic carbocycles. The van der Waals surface area contributed by atoms with Gasteiger partial charge < -0.3 is 10.1 Å². The summed E-state index contributed by atoms with van der Waals surface area (Å²) >= 11 is 6.14. The zero-order chi connectivity index (χ0) is 13.3. The Balaban J connectivity index is 2.08. The minimum atomic E-state index is 0.127. The minimum absolute atomic E-state index is 0.127. The van der Waals surface area contributed by atoms with Crippen LogP contribution in [-0.2, 0) is 4.74 Å². The quantitative estimate of drug-likeness (QED) is 0.847. The summed E-state index contributed by atoms with van der Waals surface area (Å²) in [5, 5.41) is 4.07. The number of pyridine rings is 1. The summed E-state index contributed by atoms with van der Waals surface area (Å²) in [7, 11) is 0. The van der Waals surface area contributed by atoms with Crippen LogP contribution in [0.2, 0.25) is 5.15 Å². The van der Waals surface area contributed by atoms with E-state index in [9.17, 15) is 0 Å². The van der Waals surface area contributed by atoms with Gasteiger partial charge in [-0.2, -0.15) is 0 Å². The van der Waals surface area contributed by atoms with Crippen molar-refractivity contribution in [3.05, 3.63) is 23.0 Å². The van der Waals surface area contributed by atoms with E-state index in [-0.39, 0.29) is 5.41 Å². The van der Waals surface area contributed by atoms with E-state index in [0.29, 0.717) is 17.3 Å². The first-order valence-electron chi connectivity index (χ1n) is 6.46. The fourth-order valence-corrected chi connectivity index (χ4v) is 2.75. The topological polar surface area (TPSA) is 34.1 Å². The van der Waals surface area contributed by atoms with Crippen LogP contribution < -0.4 is 5.32 Å². The molecular weight excluding hydrogens is 248 g/mol. The normalized spacial score (nSPS) is 25.6. The molecule has 1 fully saturated rings. The molecule has 1 aliphatic carbocycles. The van der Waals surface area contributed by atoms with Gasteiger partial charge in [0.15, 0.2) is 5.15 Å². The van der Waals surface area contributed by atoms with Crippen LogP contribution in [0.1, 0.15) is 32.8 Å². The number of nitrogens with one attached hydrogen (secondary N) is 1. The molecule has 1 aromatic rings. The number of halogens is 1. The molecule has 0 saturated heterocycles. The Kier molecular flexibility index (Phi) is 3.83. The number of hydrogen-bond acceptors (Lipinski definition) is 3. The maximum Gasteiger partial charge on any atom is 0.152 e. The van der Waals surface area contributed by atoms with E-state index in [2.05, 4.69) is 24.1 Å². The monoisotopic (exact) mass is 268 g/mol. The van der Waals surface area contributed by atoms with Crippen LogP contribution in [0, 0.1) is 12.3 Å². The number of ether oxygens (including phenoxy) is 1. The first-order valence-corrected chi connectivity index (χ1v) is 6.83. The van der Waals surface area contributed by atoms with E-state index >= 15 is 0 Å². The highest BCUT2D eigenvalue weighted by molar-refractivity contribution is 6.32. The molecule has 1 heterocycles. The van der Waals surface area contributed by atoms with Crippen LogP contribution in [-0.4, -0.2) is 23.7 Å². The molecular formula is C14H21ClN2O. The molecule has 1 N–H and O–H groups in total. The molecule has 100 valence electrons. The van der Waals surface area contributed by atoms with Gasteiger partial charge in [-0.05, 0) is 31.9 Å². The van der Waals surface area contributed by atoms with Gasteiger partial charge in [0, 0.05) is 24.3 Å². The fraction of sp³-hybridized carbons (Fsp3) is 0.643. The second-order valence-corrected chi connectivity index (χ2v) is 5.85. The smallest absolute Gasteiger partial charge is 0.152 e. The Morgan fingerprint density at radius 3 is 2.83 bits per heavy atom. The van der Waals surface area contributed by atoms with Gasteiger partial charge in [-0.1, -0.05) is 25.4 Å². The van der Waals surface area contributed by atoms with E-state index in [1.165, 1.54) is 0 Å². The largest absolute Gasteiger partial charge is 0.379 e. The molecule has 1 saturated carbocycles. The molecule has 2 atom stereocenters. The van der Waals surface area contributed by atoms with Crippen LogP contribution in [0.15, 0.2) is 12.3 Å². The van der Waals surface area contributed by atoms with Gasteiger partial charge in [0.1, 0.15) is 0 Å². The molecule has 4 heteroatoms. The SMILES string of the molecule is CCOC1CC(Nc2c(C)ccnc2Cl)C1(C)C. The Morgan fingerprint density at radius 1 is 1.56 bits per heavy atom. The Bertz CT molecular complexity index is 414. The van der Waals surface area contributed by atoms with Crippen LogP contribution >= 0.6 is 11.6 Å². The third-order valence-electron chi connectivity index (χ3n) is 3.98. The number of hydrogen-bond donors (Lipinski definition) is 1. The second-order valence-electron chi connectivity index (χ2n) is 5.49. The van der Waals surface area contributed by atoms with E-state index < -0.39 is 0 Å². The molecule has 0 spiro atoms. The maximum atomic E-state index is 6.14. The summed E-state index contributed by atoms with van der Waals surface area (Å²) in [5.74, 6) is 0. The third kappa shape index (κ3) is 2.34. The zero-order valence-corrected chi connectivity index (χ0v) is 12.2. The molecule has 0 bridgehead atoms. The van der Waals surface area contributed by atoms with Gasteiger partial charge >= 0.3 is 0 Å². The molecule has 18 heavy (non-hydrogen) atoms. The molecule has 0 radical (unpaired) electrons. The summed E-state index contributed by atoms with van der Waals surface area (Å²) in [6.07, 6.45) is 3.08. The van der Waals surface area contributed by atoms with Crippen molar-refractivity contribution >= 4 is 17.3 Å². The van der Waals surface area contributed by atoms with Crippen molar-refractivity contribution in [2.75, 3.05) is 11.9 Å². The summed E-state index contributed by atoms with van der Waals surface area (Å²) in [6, 6.07) is 2.36. The van der Waals surface area contributed by atoms with Gasteiger partial charge in [0.25, 0.3) is 0 Å². The van der Waals surface area contributed by atoms with E-state index in [4.69, 9.17) is 16.3 Å². The van der Waals surface area contributed by atoms with Gasteiger partial charge in [-0.3, -0.25) is 0 Å². The standard InChI is InChI=1S/C14H21ClN2O/c1-5-18-11-8-10(14(11,3)4)17-12-9(2)6-7-16-13(12)15/h6-7,10-11,17H,5,8H2,1-4H3. The Hall–Kier alpha value is -0.800. The number of aromatic nitrogens is 1. The van der Waals surface area contributed by atoms with Crippen LogP contribution in [0.25, 0.3) is 0 Å².